The Morgan fingerprint density at radius 1 is 1.16 bits per heavy atom. The quantitative estimate of drug-likeness (QED) is 0.673. The first-order valence-corrected chi connectivity index (χ1v) is 6.07. The Morgan fingerprint density at radius 2 is 1.89 bits per heavy atom. The number of pyridine rings is 1. The van der Waals surface area contributed by atoms with E-state index in [-0.39, 0.29) is 5.88 Å². The van der Waals surface area contributed by atoms with Crippen LogP contribution in [-0.4, -0.2) is 14.5 Å². The molecule has 0 aliphatic carbocycles. The number of hydrogen-bond donors (Lipinski definition) is 0. The largest absolute Gasteiger partial charge is 0.279 e. The van der Waals surface area contributed by atoms with Gasteiger partial charge in [-0.3, -0.25) is 4.57 Å². The molecule has 3 nitrogen and oxygen atoms in total. The average molecular weight is 280 g/mol. The first kappa shape index (κ1) is 12.0. The van der Waals surface area contributed by atoms with Gasteiger partial charge in [-0.05, 0) is 24.3 Å². The van der Waals surface area contributed by atoms with Crippen LogP contribution in [0.15, 0.2) is 36.5 Å². The lowest BCUT2D eigenvalue weighted by Crippen LogP contribution is -2.01. The Hall–Kier alpha value is -2.01. The summed E-state index contributed by atoms with van der Waals surface area (Å²) in [6, 6.07) is 6.76. The molecule has 6 heteroatoms. The van der Waals surface area contributed by atoms with Gasteiger partial charge in [0.15, 0.2) is 5.65 Å². The van der Waals surface area contributed by atoms with Crippen molar-refractivity contribution in [3.63, 3.8) is 0 Å². The van der Waals surface area contributed by atoms with E-state index in [1.54, 1.807) is 22.9 Å². The lowest BCUT2D eigenvalue weighted by Gasteiger charge is -2.07. The first-order valence-electron chi connectivity index (χ1n) is 5.54. The lowest BCUT2D eigenvalue weighted by molar-refractivity contribution is 0.581. The average Bonchev–Trinajstić information content (AvgIpc) is 2.75. The number of alkyl halides is 1. The number of aromatic nitrogens is 3. The van der Waals surface area contributed by atoms with Crippen LogP contribution in [0.3, 0.4) is 0 Å². The number of fused-ring (bicyclic) bond motifs is 1. The summed E-state index contributed by atoms with van der Waals surface area (Å²) in [5.41, 5.74) is 1.46. The van der Waals surface area contributed by atoms with Crippen LogP contribution in [-0.2, 0) is 5.88 Å². The first-order chi connectivity index (χ1) is 9.19. The zero-order valence-electron chi connectivity index (χ0n) is 9.65. The van der Waals surface area contributed by atoms with Crippen molar-refractivity contribution in [2.24, 2.45) is 0 Å². The van der Waals surface area contributed by atoms with Gasteiger partial charge in [0.05, 0.1) is 11.6 Å². The van der Waals surface area contributed by atoms with Crippen molar-refractivity contribution in [3.05, 3.63) is 54.0 Å². The molecule has 96 valence electrons. The lowest BCUT2D eigenvalue weighted by atomic mass is 10.3. The van der Waals surface area contributed by atoms with E-state index in [4.69, 9.17) is 11.6 Å². The molecular weight excluding hydrogens is 272 g/mol. The van der Waals surface area contributed by atoms with E-state index in [1.807, 2.05) is 0 Å². The van der Waals surface area contributed by atoms with Gasteiger partial charge in [-0.25, -0.2) is 18.7 Å². The summed E-state index contributed by atoms with van der Waals surface area (Å²) < 4.78 is 28.2. The summed E-state index contributed by atoms with van der Waals surface area (Å²) in [5, 5.41) is 0. The third-order valence-electron chi connectivity index (χ3n) is 2.71. The molecule has 0 bridgehead atoms. The standard InChI is InChI=1S/C13H8ClF2N3/c14-7-12-18-11-2-1-3-17-13(11)19(12)10-5-8(15)4-9(16)6-10/h1-6H,7H2. The number of benzene rings is 1. The molecule has 0 fully saturated rings. The van der Waals surface area contributed by atoms with Crippen LogP contribution in [0, 0.1) is 11.6 Å². The van der Waals surface area contributed by atoms with Gasteiger partial charge >= 0.3 is 0 Å². The molecule has 3 aromatic rings. The highest BCUT2D eigenvalue weighted by atomic mass is 35.5. The number of imidazole rings is 1. The third kappa shape index (κ3) is 2.06. The topological polar surface area (TPSA) is 30.7 Å². The van der Waals surface area contributed by atoms with Gasteiger partial charge in [-0.1, -0.05) is 0 Å². The molecular formula is C13H8ClF2N3. The third-order valence-corrected chi connectivity index (χ3v) is 2.95. The van der Waals surface area contributed by atoms with E-state index in [0.29, 0.717) is 22.7 Å². The Balaban J connectivity index is 2.34. The SMILES string of the molecule is Fc1cc(F)cc(-n2c(CCl)nc3cccnc32)c1. The predicted octanol–water partition coefficient (Wildman–Crippen LogP) is 3.44. The summed E-state index contributed by atoms with van der Waals surface area (Å²) in [6.07, 6.45) is 1.59. The van der Waals surface area contributed by atoms with Crippen molar-refractivity contribution in [3.8, 4) is 5.69 Å². The predicted molar refractivity (Wildman–Crippen MR) is 68.3 cm³/mol. The number of nitrogens with zero attached hydrogens (tertiary/aromatic N) is 3. The highest BCUT2D eigenvalue weighted by Crippen LogP contribution is 2.22. The Labute approximate surface area is 112 Å². The fourth-order valence-corrected chi connectivity index (χ4v) is 2.17. The summed E-state index contributed by atoms with van der Waals surface area (Å²) >= 11 is 5.83. The Morgan fingerprint density at radius 3 is 2.58 bits per heavy atom. The molecule has 0 N–H and O–H groups in total. The maximum Gasteiger partial charge on any atom is 0.164 e. The number of halogens is 3. The normalized spacial score (nSPS) is 11.1. The zero-order valence-corrected chi connectivity index (χ0v) is 10.4. The fourth-order valence-electron chi connectivity index (χ4n) is 1.99. The van der Waals surface area contributed by atoms with Gasteiger partial charge in [0.1, 0.15) is 23.0 Å². The molecule has 0 unspecified atom stereocenters. The van der Waals surface area contributed by atoms with E-state index in [2.05, 4.69) is 9.97 Å². The minimum absolute atomic E-state index is 0.120. The van der Waals surface area contributed by atoms with Crippen LogP contribution in [0.2, 0.25) is 0 Å². The summed E-state index contributed by atoms with van der Waals surface area (Å²) in [7, 11) is 0. The molecule has 0 atom stereocenters. The van der Waals surface area contributed by atoms with Crippen molar-refractivity contribution >= 4 is 22.8 Å². The zero-order chi connectivity index (χ0) is 13.4. The minimum atomic E-state index is -0.659. The molecule has 19 heavy (non-hydrogen) atoms. The van der Waals surface area contributed by atoms with Crippen molar-refractivity contribution in [1.82, 2.24) is 14.5 Å². The summed E-state index contributed by atoms with van der Waals surface area (Å²) in [5.74, 6) is -0.712. The van der Waals surface area contributed by atoms with Crippen molar-refractivity contribution < 1.29 is 8.78 Å². The molecule has 3 rings (SSSR count). The second-order valence-corrected chi connectivity index (χ2v) is 4.24. The van der Waals surface area contributed by atoms with Gasteiger partial charge in [0.2, 0.25) is 0 Å². The van der Waals surface area contributed by atoms with Crippen molar-refractivity contribution in [1.29, 1.82) is 0 Å². The molecule has 0 amide bonds. The Bertz CT molecular complexity index is 734. The molecule has 0 aliphatic heterocycles. The van der Waals surface area contributed by atoms with Crippen LogP contribution in [0.1, 0.15) is 5.82 Å². The molecule has 0 spiro atoms. The number of rotatable bonds is 2. The van der Waals surface area contributed by atoms with Crippen LogP contribution < -0.4 is 0 Å². The van der Waals surface area contributed by atoms with E-state index < -0.39 is 11.6 Å². The molecule has 0 saturated heterocycles. The molecule has 0 aliphatic rings. The molecule has 0 saturated carbocycles. The van der Waals surface area contributed by atoms with E-state index in [0.717, 1.165) is 6.07 Å². The van der Waals surface area contributed by atoms with E-state index >= 15 is 0 Å². The van der Waals surface area contributed by atoms with E-state index in [1.165, 1.54) is 12.1 Å². The van der Waals surface area contributed by atoms with Crippen molar-refractivity contribution in [2.75, 3.05) is 0 Å². The monoisotopic (exact) mass is 279 g/mol. The summed E-state index contributed by atoms with van der Waals surface area (Å²) in [6.45, 7) is 0. The maximum atomic E-state index is 13.3. The van der Waals surface area contributed by atoms with Gasteiger partial charge in [-0.15, -0.1) is 11.6 Å². The minimum Gasteiger partial charge on any atom is -0.279 e. The molecule has 0 radical (unpaired) electrons. The van der Waals surface area contributed by atoms with Gasteiger partial charge in [0.25, 0.3) is 0 Å². The maximum absolute atomic E-state index is 13.3. The number of hydrogen-bond acceptors (Lipinski definition) is 2. The van der Waals surface area contributed by atoms with Crippen molar-refractivity contribution in [2.45, 2.75) is 5.88 Å². The van der Waals surface area contributed by atoms with Crippen LogP contribution in [0.5, 0.6) is 0 Å². The van der Waals surface area contributed by atoms with Gasteiger partial charge < -0.3 is 0 Å². The molecule has 2 aromatic heterocycles. The fraction of sp³-hybridized carbons (Fsp3) is 0.0769. The molecule has 2 heterocycles. The van der Waals surface area contributed by atoms with Crippen LogP contribution in [0.25, 0.3) is 16.9 Å². The van der Waals surface area contributed by atoms with Crippen LogP contribution >= 0.6 is 11.6 Å². The highest BCUT2D eigenvalue weighted by Gasteiger charge is 2.13. The summed E-state index contributed by atoms with van der Waals surface area (Å²) in [4.78, 5) is 8.47. The smallest absolute Gasteiger partial charge is 0.164 e. The highest BCUT2D eigenvalue weighted by molar-refractivity contribution is 6.16. The molecule has 1 aromatic carbocycles. The Kier molecular flexibility index (Phi) is 2.91. The van der Waals surface area contributed by atoms with E-state index in [9.17, 15) is 8.78 Å². The van der Waals surface area contributed by atoms with Gasteiger partial charge in [0, 0.05) is 12.3 Å². The van der Waals surface area contributed by atoms with Crippen LogP contribution in [0.4, 0.5) is 8.78 Å². The van der Waals surface area contributed by atoms with Gasteiger partial charge in [-0.2, -0.15) is 0 Å². The second-order valence-electron chi connectivity index (χ2n) is 3.97. The second kappa shape index (κ2) is 4.59.